The number of halogens is 1. The Balaban J connectivity index is 1.86. The number of pyridine rings is 1. The third-order valence-corrected chi connectivity index (χ3v) is 3.57. The van der Waals surface area contributed by atoms with Crippen molar-refractivity contribution in [3.8, 4) is 0 Å². The zero-order valence-corrected chi connectivity index (χ0v) is 12.2. The first-order chi connectivity index (χ1) is 10.1. The van der Waals surface area contributed by atoms with Gasteiger partial charge in [-0.05, 0) is 31.2 Å². The Labute approximate surface area is 127 Å². The van der Waals surface area contributed by atoms with E-state index >= 15 is 0 Å². The number of hydrogen-bond donors (Lipinski definition) is 2. The zero-order chi connectivity index (χ0) is 14.8. The first kappa shape index (κ1) is 13.6. The minimum atomic E-state index is -0.119. The second-order valence-corrected chi connectivity index (χ2v) is 5.26. The summed E-state index contributed by atoms with van der Waals surface area (Å²) in [5, 5.41) is 4.41. The number of H-pyrrole nitrogens is 1. The molecule has 0 aliphatic carbocycles. The standard InChI is InChI=1S/C16H14ClN3O/c1-10-15(13-6-5-11(17)8-14(13)20-10)16(21)19-9-12-4-2-3-7-18-12/h2-8,20H,9H2,1H3,(H,19,21). The summed E-state index contributed by atoms with van der Waals surface area (Å²) >= 11 is 5.97. The molecule has 0 bridgehead atoms. The number of aryl methyl sites for hydroxylation is 1. The van der Waals surface area contributed by atoms with Gasteiger partial charge >= 0.3 is 0 Å². The van der Waals surface area contributed by atoms with Gasteiger partial charge in [-0.2, -0.15) is 0 Å². The molecule has 1 amide bonds. The van der Waals surface area contributed by atoms with Crippen LogP contribution in [0.1, 0.15) is 21.7 Å². The fourth-order valence-corrected chi connectivity index (χ4v) is 2.53. The van der Waals surface area contributed by atoms with Crippen LogP contribution in [0.4, 0.5) is 0 Å². The number of carbonyl (C=O) groups is 1. The van der Waals surface area contributed by atoms with Crippen molar-refractivity contribution < 1.29 is 4.79 Å². The van der Waals surface area contributed by atoms with Crippen LogP contribution in [0, 0.1) is 6.92 Å². The summed E-state index contributed by atoms with van der Waals surface area (Å²) in [5.74, 6) is -0.119. The molecule has 5 heteroatoms. The quantitative estimate of drug-likeness (QED) is 0.778. The Morgan fingerprint density at radius 3 is 2.95 bits per heavy atom. The molecule has 0 atom stereocenters. The molecule has 2 N–H and O–H groups in total. The van der Waals surface area contributed by atoms with Crippen molar-refractivity contribution >= 4 is 28.4 Å². The molecule has 0 fully saturated rings. The molecule has 3 rings (SSSR count). The first-order valence-electron chi connectivity index (χ1n) is 6.61. The number of aromatic nitrogens is 2. The van der Waals surface area contributed by atoms with Crippen molar-refractivity contribution in [1.29, 1.82) is 0 Å². The summed E-state index contributed by atoms with van der Waals surface area (Å²) in [5.41, 5.74) is 3.16. The molecule has 2 heterocycles. The number of amides is 1. The summed E-state index contributed by atoms with van der Waals surface area (Å²) in [6.07, 6.45) is 1.71. The fourth-order valence-electron chi connectivity index (χ4n) is 2.36. The molecule has 0 spiro atoms. The number of fused-ring (bicyclic) bond motifs is 1. The predicted molar refractivity (Wildman–Crippen MR) is 83.5 cm³/mol. The molecule has 0 saturated carbocycles. The van der Waals surface area contributed by atoms with E-state index in [1.165, 1.54) is 0 Å². The number of nitrogens with one attached hydrogen (secondary N) is 2. The largest absolute Gasteiger partial charge is 0.358 e. The van der Waals surface area contributed by atoms with Crippen molar-refractivity contribution in [2.45, 2.75) is 13.5 Å². The van der Waals surface area contributed by atoms with E-state index in [1.807, 2.05) is 37.3 Å². The monoisotopic (exact) mass is 299 g/mol. The molecular weight excluding hydrogens is 286 g/mol. The number of aromatic amines is 1. The number of rotatable bonds is 3. The lowest BCUT2D eigenvalue weighted by Gasteiger charge is -2.05. The highest BCUT2D eigenvalue weighted by Crippen LogP contribution is 2.25. The van der Waals surface area contributed by atoms with E-state index < -0.39 is 0 Å². The van der Waals surface area contributed by atoms with Crippen molar-refractivity contribution in [1.82, 2.24) is 15.3 Å². The van der Waals surface area contributed by atoms with Gasteiger partial charge in [0.15, 0.2) is 0 Å². The molecular formula is C16H14ClN3O. The minimum Gasteiger partial charge on any atom is -0.358 e. The SMILES string of the molecule is Cc1[nH]c2cc(Cl)ccc2c1C(=O)NCc1ccccn1. The molecule has 21 heavy (non-hydrogen) atoms. The van der Waals surface area contributed by atoms with Crippen LogP contribution in [0.3, 0.4) is 0 Å². The van der Waals surface area contributed by atoms with E-state index in [0.717, 1.165) is 22.3 Å². The Hall–Kier alpha value is -2.33. The maximum atomic E-state index is 12.4. The van der Waals surface area contributed by atoms with E-state index in [2.05, 4.69) is 15.3 Å². The van der Waals surface area contributed by atoms with Crippen molar-refractivity contribution in [2.75, 3.05) is 0 Å². The van der Waals surface area contributed by atoms with Gasteiger partial charge in [-0.1, -0.05) is 23.7 Å². The Bertz CT molecular complexity index is 796. The van der Waals surface area contributed by atoms with Gasteiger partial charge in [0.2, 0.25) is 0 Å². The van der Waals surface area contributed by atoms with Gasteiger partial charge in [0, 0.05) is 27.8 Å². The third kappa shape index (κ3) is 2.76. The van der Waals surface area contributed by atoms with Crippen molar-refractivity contribution in [3.05, 3.63) is 64.6 Å². The number of carbonyl (C=O) groups excluding carboxylic acids is 1. The second kappa shape index (κ2) is 5.58. The normalized spacial score (nSPS) is 10.8. The van der Waals surface area contributed by atoms with E-state index in [4.69, 9.17) is 11.6 Å². The van der Waals surface area contributed by atoms with Crippen molar-refractivity contribution in [2.24, 2.45) is 0 Å². The highest BCUT2D eigenvalue weighted by atomic mass is 35.5. The number of hydrogen-bond acceptors (Lipinski definition) is 2. The van der Waals surface area contributed by atoms with Crippen molar-refractivity contribution in [3.63, 3.8) is 0 Å². The van der Waals surface area contributed by atoms with Gasteiger partial charge in [-0.25, -0.2) is 0 Å². The van der Waals surface area contributed by atoms with Gasteiger partial charge < -0.3 is 10.3 Å². The summed E-state index contributed by atoms with van der Waals surface area (Å²) in [4.78, 5) is 19.8. The average Bonchev–Trinajstić information content (AvgIpc) is 2.81. The maximum Gasteiger partial charge on any atom is 0.254 e. The number of benzene rings is 1. The molecule has 0 radical (unpaired) electrons. The van der Waals surface area contributed by atoms with Crippen LogP contribution in [0.15, 0.2) is 42.6 Å². The van der Waals surface area contributed by atoms with Crippen LogP contribution < -0.4 is 5.32 Å². The molecule has 0 unspecified atom stereocenters. The summed E-state index contributed by atoms with van der Waals surface area (Å²) in [7, 11) is 0. The van der Waals surface area contributed by atoms with Crippen LogP contribution in [-0.2, 0) is 6.54 Å². The molecule has 1 aromatic carbocycles. The molecule has 4 nitrogen and oxygen atoms in total. The fraction of sp³-hybridized carbons (Fsp3) is 0.125. The van der Waals surface area contributed by atoms with E-state index in [-0.39, 0.29) is 5.91 Å². The Morgan fingerprint density at radius 2 is 2.19 bits per heavy atom. The molecule has 3 aromatic rings. The summed E-state index contributed by atoms with van der Waals surface area (Å²) in [6, 6.07) is 11.1. The van der Waals surface area contributed by atoms with Crippen LogP contribution in [0.5, 0.6) is 0 Å². The highest BCUT2D eigenvalue weighted by Gasteiger charge is 2.15. The molecule has 0 aliphatic heterocycles. The summed E-state index contributed by atoms with van der Waals surface area (Å²) in [6.45, 7) is 2.28. The Morgan fingerprint density at radius 1 is 1.33 bits per heavy atom. The van der Waals surface area contributed by atoms with Crippen LogP contribution in [-0.4, -0.2) is 15.9 Å². The zero-order valence-electron chi connectivity index (χ0n) is 11.5. The molecule has 0 aliphatic rings. The van der Waals surface area contributed by atoms with Gasteiger partial charge in [-0.15, -0.1) is 0 Å². The smallest absolute Gasteiger partial charge is 0.254 e. The lowest BCUT2D eigenvalue weighted by Crippen LogP contribution is -2.23. The van der Waals surface area contributed by atoms with Gasteiger partial charge in [0.25, 0.3) is 5.91 Å². The van der Waals surface area contributed by atoms with Gasteiger partial charge in [0.1, 0.15) is 0 Å². The van der Waals surface area contributed by atoms with Crippen LogP contribution >= 0.6 is 11.6 Å². The number of nitrogens with zero attached hydrogens (tertiary/aromatic N) is 1. The second-order valence-electron chi connectivity index (χ2n) is 4.82. The van der Waals surface area contributed by atoms with E-state index in [1.54, 1.807) is 12.3 Å². The summed E-state index contributed by atoms with van der Waals surface area (Å²) < 4.78 is 0. The Kier molecular flexibility index (Phi) is 3.62. The molecule has 0 saturated heterocycles. The predicted octanol–water partition coefficient (Wildman–Crippen LogP) is 3.45. The lowest BCUT2D eigenvalue weighted by molar-refractivity contribution is 0.0951. The average molecular weight is 300 g/mol. The first-order valence-corrected chi connectivity index (χ1v) is 6.99. The topological polar surface area (TPSA) is 57.8 Å². The maximum absolute atomic E-state index is 12.4. The van der Waals surface area contributed by atoms with E-state index in [0.29, 0.717) is 17.1 Å². The van der Waals surface area contributed by atoms with Gasteiger partial charge in [0.05, 0.1) is 17.8 Å². The molecule has 2 aromatic heterocycles. The highest BCUT2D eigenvalue weighted by molar-refractivity contribution is 6.31. The lowest BCUT2D eigenvalue weighted by atomic mass is 10.1. The third-order valence-electron chi connectivity index (χ3n) is 3.33. The van der Waals surface area contributed by atoms with Gasteiger partial charge in [-0.3, -0.25) is 9.78 Å². The molecule has 106 valence electrons. The van der Waals surface area contributed by atoms with E-state index in [9.17, 15) is 4.79 Å². The van der Waals surface area contributed by atoms with Crippen LogP contribution in [0.2, 0.25) is 5.02 Å². The van der Waals surface area contributed by atoms with Crippen LogP contribution in [0.25, 0.3) is 10.9 Å². The minimum absolute atomic E-state index is 0.119.